The largest absolute Gasteiger partial charge is 0.352 e. The Hall–Kier alpha value is -3.47. The van der Waals surface area contributed by atoms with Crippen molar-refractivity contribution < 1.29 is 9.59 Å². The van der Waals surface area contributed by atoms with Gasteiger partial charge in [-0.2, -0.15) is 0 Å². The van der Waals surface area contributed by atoms with Crippen molar-refractivity contribution in [1.82, 2.24) is 10.3 Å². The van der Waals surface area contributed by atoms with Crippen molar-refractivity contribution in [2.45, 2.75) is 26.7 Å². The molecule has 3 rings (SSSR count). The minimum atomic E-state index is -0.339. The Morgan fingerprint density at radius 1 is 0.897 bits per heavy atom. The molecule has 0 spiro atoms. The zero-order chi connectivity index (χ0) is 20.6. The Labute approximate surface area is 171 Å². The minimum Gasteiger partial charge on any atom is -0.352 e. The number of carbonyl (C=O) groups is 2. The zero-order valence-electron chi connectivity index (χ0n) is 16.7. The highest BCUT2D eigenvalue weighted by molar-refractivity contribution is 6.04. The molecule has 5 heteroatoms. The van der Waals surface area contributed by atoms with Crippen molar-refractivity contribution in [2.75, 3.05) is 11.9 Å². The Kier molecular flexibility index (Phi) is 6.74. The van der Waals surface area contributed by atoms with Crippen LogP contribution >= 0.6 is 0 Å². The van der Waals surface area contributed by atoms with E-state index in [0.717, 1.165) is 24.0 Å². The number of hydrogen-bond donors (Lipinski definition) is 2. The van der Waals surface area contributed by atoms with Gasteiger partial charge in [0.05, 0.1) is 0 Å². The number of aryl methyl sites for hydroxylation is 3. The van der Waals surface area contributed by atoms with E-state index in [0.29, 0.717) is 17.8 Å². The normalized spacial score (nSPS) is 10.4. The summed E-state index contributed by atoms with van der Waals surface area (Å²) in [6.45, 7) is 4.52. The highest BCUT2D eigenvalue weighted by Gasteiger charge is 2.12. The standard InChI is InChI=1S/C24H25N3O2/c1-17-13-18(2)15-21(14-17)27-24(29)22-16-20(10-12-25-22)23(28)26-11-6-9-19-7-4-3-5-8-19/h3-5,7-8,10,12-16H,6,9,11H2,1-2H3,(H,26,28)(H,27,29). The first-order valence-corrected chi connectivity index (χ1v) is 9.69. The van der Waals surface area contributed by atoms with Crippen molar-refractivity contribution in [2.24, 2.45) is 0 Å². The quantitative estimate of drug-likeness (QED) is 0.593. The molecular weight excluding hydrogens is 362 g/mol. The molecule has 0 aliphatic carbocycles. The summed E-state index contributed by atoms with van der Waals surface area (Å²) in [6, 6.07) is 19.1. The number of nitrogens with one attached hydrogen (secondary N) is 2. The van der Waals surface area contributed by atoms with Gasteiger partial charge in [-0.05, 0) is 67.6 Å². The average molecular weight is 387 g/mol. The molecule has 0 saturated carbocycles. The number of rotatable bonds is 7. The summed E-state index contributed by atoms with van der Waals surface area (Å²) in [6.07, 6.45) is 3.23. The molecule has 0 fully saturated rings. The van der Waals surface area contributed by atoms with Crippen LogP contribution in [0.3, 0.4) is 0 Å². The Morgan fingerprint density at radius 2 is 1.62 bits per heavy atom. The maximum absolute atomic E-state index is 12.5. The van der Waals surface area contributed by atoms with Crippen LogP contribution in [0.2, 0.25) is 0 Å². The van der Waals surface area contributed by atoms with Crippen LogP contribution < -0.4 is 10.6 Å². The van der Waals surface area contributed by atoms with E-state index in [2.05, 4.69) is 27.8 Å². The molecule has 29 heavy (non-hydrogen) atoms. The smallest absolute Gasteiger partial charge is 0.274 e. The predicted octanol–water partition coefficient (Wildman–Crippen LogP) is 4.31. The van der Waals surface area contributed by atoms with Gasteiger partial charge in [0.1, 0.15) is 5.69 Å². The lowest BCUT2D eigenvalue weighted by atomic mass is 10.1. The molecule has 1 heterocycles. The van der Waals surface area contributed by atoms with Gasteiger partial charge in [0.2, 0.25) is 0 Å². The van der Waals surface area contributed by atoms with Crippen molar-refractivity contribution in [3.05, 3.63) is 94.8 Å². The van der Waals surface area contributed by atoms with Crippen LogP contribution in [-0.4, -0.2) is 23.3 Å². The number of aromatic nitrogens is 1. The van der Waals surface area contributed by atoms with Crippen LogP contribution in [0.4, 0.5) is 5.69 Å². The first-order chi connectivity index (χ1) is 14.0. The van der Waals surface area contributed by atoms with Crippen LogP contribution in [0.1, 0.15) is 44.0 Å². The van der Waals surface area contributed by atoms with Gasteiger partial charge in [-0.15, -0.1) is 0 Å². The number of benzene rings is 2. The molecule has 1 aromatic heterocycles. The second-order valence-electron chi connectivity index (χ2n) is 7.11. The first kappa shape index (κ1) is 20.3. The lowest BCUT2D eigenvalue weighted by Gasteiger charge is -2.09. The van der Waals surface area contributed by atoms with E-state index < -0.39 is 0 Å². The molecule has 148 valence electrons. The number of hydrogen-bond acceptors (Lipinski definition) is 3. The molecule has 0 atom stereocenters. The van der Waals surface area contributed by atoms with Gasteiger partial charge in [0.25, 0.3) is 11.8 Å². The number of amides is 2. The third-order valence-corrected chi connectivity index (χ3v) is 4.50. The monoisotopic (exact) mass is 387 g/mol. The first-order valence-electron chi connectivity index (χ1n) is 9.69. The molecule has 0 aliphatic heterocycles. The van der Waals surface area contributed by atoms with Gasteiger partial charge in [-0.1, -0.05) is 36.4 Å². The predicted molar refractivity (Wildman–Crippen MR) is 115 cm³/mol. The molecule has 2 amide bonds. The molecule has 2 aromatic carbocycles. The van der Waals surface area contributed by atoms with E-state index in [1.54, 1.807) is 6.07 Å². The fourth-order valence-corrected chi connectivity index (χ4v) is 3.18. The molecule has 0 radical (unpaired) electrons. The summed E-state index contributed by atoms with van der Waals surface area (Å²) < 4.78 is 0. The van der Waals surface area contributed by atoms with E-state index in [1.165, 1.54) is 17.8 Å². The van der Waals surface area contributed by atoms with Gasteiger partial charge in [0, 0.05) is 24.0 Å². The van der Waals surface area contributed by atoms with Crippen LogP contribution in [0.5, 0.6) is 0 Å². The minimum absolute atomic E-state index is 0.207. The van der Waals surface area contributed by atoms with Crippen LogP contribution in [0, 0.1) is 13.8 Å². The molecule has 3 aromatic rings. The fraction of sp³-hybridized carbons (Fsp3) is 0.208. The van der Waals surface area contributed by atoms with Crippen molar-refractivity contribution >= 4 is 17.5 Å². The van der Waals surface area contributed by atoms with Crippen LogP contribution in [-0.2, 0) is 6.42 Å². The van der Waals surface area contributed by atoms with E-state index in [4.69, 9.17) is 0 Å². The molecule has 0 unspecified atom stereocenters. The van der Waals surface area contributed by atoms with Crippen molar-refractivity contribution in [3.63, 3.8) is 0 Å². The maximum atomic E-state index is 12.5. The number of anilines is 1. The van der Waals surface area contributed by atoms with Gasteiger partial charge in [0.15, 0.2) is 0 Å². The summed E-state index contributed by atoms with van der Waals surface area (Å²) in [4.78, 5) is 29.0. The SMILES string of the molecule is Cc1cc(C)cc(NC(=O)c2cc(C(=O)NCCCc3ccccc3)ccn2)c1. The molecular formula is C24H25N3O2. The van der Waals surface area contributed by atoms with Crippen LogP contribution in [0.25, 0.3) is 0 Å². The van der Waals surface area contributed by atoms with Crippen molar-refractivity contribution in [1.29, 1.82) is 0 Å². The Bertz CT molecular complexity index is 980. The van der Waals surface area contributed by atoms with E-state index >= 15 is 0 Å². The van der Waals surface area contributed by atoms with Crippen LogP contribution in [0.15, 0.2) is 66.9 Å². The second kappa shape index (κ2) is 9.64. The maximum Gasteiger partial charge on any atom is 0.274 e. The highest BCUT2D eigenvalue weighted by Crippen LogP contribution is 2.15. The topological polar surface area (TPSA) is 71.1 Å². The Morgan fingerprint density at radius 3 is 2.34 bits per heavy atom. The molecule has 0 aliphatic rings. The van der Waals surface area contributed by atoms with Gasteiger partial charge in [-0.25, -0.2) is 0 Å². The Balaban J connectivity index is 1.56. The third-order valence-electron chi connectivity index (χ3n) is 4.50. The number of nitrogens with zero attached hydrogens (tertiary/aromatic N) is 1. The summed E-state index contributed by atoms with van der Waals surface area (Å²) in [5.41, 5.74) is 4.72. The summed E-state index contributed by atoms with van der Waals surface area (Å²) >= 11 is 0. The number of pyridine rings is 1. The van der Waals surface area contributed by atoms with Gasteiger partial charge >= 0.3 is 0 Å². The summed E-state index contributed by atoms with van der Waals surface area (Å²) in [7, 11) is 0. The molecule has 2 N–H and O–H groups in total. The van der Waals surface area contributed by atoms with E-state index in [1.807, 2.05) is 50.2 Å². The molecule has 0 saturated heterocycles. The fourth-order valence-electron chi connectivity index (χ4n) is 3.18. The zero-order valence-corrected chi connectivity index (χ0v) is 16.7. The van der Waals surface area contributed by atoms with Crippen molar-refractivity contribution in [3.8, 4) is 0 Å². The summed E-state index contributed by atoms with van der Waals surface area (Å²) in [5.74, 6) is -0.547. The highest BCUT2D eigenvalue weighted by atomic mass is 16.2. The number of carbonyl (C=O) groups excluding carboxylic acids is 2. The summed E-state index contributed by atoms with van der Waals surface area (Å²) in [5, 5.41) is 5.74. The van der Waals surface area contributed by atoms with E-state index in [-0.39, 0.29) is 17.5 Å². The molecule has 0 bridgehead atoms. The van der Waals surface area contributed by atoms with Gasteiger partial charge < -0.3 is 10.6 Å². The van der Waals surface area contributed by atoms with Gasteiger partial charge in [-0.3, -0.25) is 14.6 Å². The lowest BCUT2D eigenvalue weighted by molar-refractivity contribution is 0.0953. The molecule has 5 nitrogen and oxygen atoms in total. The average Bonchev–Trinajstić information content (AvgIpc) is 2.71. The third kappa shape index (κ3) is 6.01. The second-order valence-corrected chi connectivity index (χ2v) is 7.11. The van der Waals surface area contributed by atoms with E-state index in [9.17, 15) is 9.59 Å². The lowest BCUT2D eigenvalue weighted by Crippen LogP contribution is -2.25.